The minimum Gasteiger partial charge on any atom is -0.307 e. The monoisotopic (exact) mass is 765 g/mol. The fraction of sp³-hybridized carbons (Fsp3) is 0. The van der Waals surface area contributed by atoms with Crippen molar-refractivity contribution in [1.29, 1.82) is 0 Å². The summed E-state index contributed by atoms with van der Waals surface area (Å²) in [6.07, 6.45) is 0. The van der Waals surface area contributed by atoms with Gasteiger partial charge in [0.05, 0.1) is 61.2 Å². The molecule has 60 heavy (non-hydrogen) atoms. The third-order valence-corrected chi connectivity index (χ3v) is 12.3. The quantitative estimate of drug-likeness (QED) is 0.172. The predicted molar refractivity (Wildman–Crippen MR) is 250 cm³/mol. The highest BCUT2D eigenvalue weighted by molar-refractivity contribution is 6.14. The summed E-state index contributed by atoms with van der Waals surface area (Å²) in [7, 11) is 0. The Kier molecular flexibility index (Phi) is 6.95. The van der Waals surface area contributed by atoms with Crippen LogP contribution in [0.2, 0.25) is 0 Å². The minimum absolute atomic E-state index is 0.875. The van der Waals surface area contributed by atoms with Crippen LogP contribution in [0.5, 0.6) is 0 Å². The van der Waals surface area contributed by atoms with Gasteiger partial charge in [0.15, 0.2) is 0 Å². The zero-order valence-electron chi connectivity index (χ0n) is 32.4. The maximum Gasteiger partial charge on any atom is 0.145 e. The molecule has 13 rings (SSSR count). The Hall–Kier alpha value is -8.15. The molecule has 4 heterocycles. The number of aromatic nitrogens is 5. The summed E-state index contributed by atoms with van der Waals surface area (Å²) in [5, 5.41) is 7.26. The molecule has 0 aliphatic carbocycles. The first-order valence-electron chi connectivity index (χ1n) is 20.5. The molecule has 0 saturated heterocycles. The van der Waals surface area contributed by atoms with E-state index in [-0.39, 0.29) is 0 Å². The number of hydrogen-bond donors (Lipinski definition) is 0. The average molecular weight is 766 g/mol. The number of rotatable bonds is 5. The van der Waals surface area contributed by atoms with E-state index in [2.05, 4.69) is 231 Å². The highest BCUT2D eigenvalue weighted by Crippen LogP contribution is 2.45. The Balaban J connectivity index is 1.30. The van der Waals surface area contributed by atoms with Crippen molar-refractivity contribution in [2.45, 2.75) is 0 Å². The second-order valence-corrected chi connectivity index (χ2v) is 15.6. The van der Waals surface area contributed by atoms with Gasteiger partial charge in [-0.15, -0.1) is 0 Å². The smallest absolute Gasteiger partial charge is 0.145 e. The van der Waals surface area contributed by atoms with Crippen molar-refractivity contribution in [3.8, 4) is 34.1 Å². The summed E-state index contributed by atoms with van der Waals surface area (Å²) < 4.78 is 9.79. The number of para-hydroxylation sites is 9. The lowest BCUT2D eigenvalue weighted by Gasteiger charge is -2.23. The molecule has 280 valence electrons. The van der Waals surface area contributed by atoms with Crippen molar-refractivity contribution in [2.75, 3.05) is 0 Å². The normalized spacial score (nSPS) is 12.0. The molecule has 0 saturated carbocycles. The minimum atomic E-state index is 0.875. The summed E-state index contributed by atoms with van der Waals surface area (Å²) >= 11 is 0. The van der Waals surface area contributed by atoms with E-state index in [1.54, 1.807) is 0 Å². The van der Waals surface area contributed by atoms with Crippen molar-refractivity contribution < 1.29 is 0 Å². The first kappa shape index (κ1) is 32.9. The molecule has 9 aromatic carbocycles. The molecule has 4 aromatic heterocycles. The molecule has 0 bridgehead atoms. The Morgan fingerprint density at radius 1 is 0.283 bits per heavy atom. The van der Waals surface area contributed by atoms with Crippen LogP contribution in [0, 0.1) is 0 Å². The summed E-state index contributed by atoms with van der Waals surface area (Å²) in [6, 6.07) is 76.8. The van der Waals surface area contributed by atoms with Gasteiger partial charge >= 0.3 is 0 Å². The zero-order valence-corrected chi connectivity index (χ0v) is 32.4. The van der Waals surface area contributed by atoms with Gasteiger partial charge in [-0.25, -0.2) is 4.98 Å². The van der Waals surface area contributed by atoms with Gasteiger partial charge in [-0.3, -0.25) is 4.57 Å². The van der Waals surface area contributed by atoms with E-state index >= 15 is 0 Å². The van der Waals surface area contributed by atoms with Crippen LogP contribution in [0.1, 0.15) is 0 Å². The SMILES string of the molecule is c1ccc(-n2c(-c3cc(-n4c5ccccc5c5ccccc54)c(-n4c5ccccc5c5ccccc54)c(-n4c5ccccc5c5ccccc54)c3)nc3ccccc32)cc1. The topological polar surface area (TPSA) is 32.6 Å². The summed E-state index contributed by atoms with van der Waals surface area (Å²) in [5.41, 5.74) is 14.1. The number of hydrogen-bond acceptors (Lipinski definition) is 1. The molecular weight excluding hydrogens is 731 g/mol. The van der Waals surface area contributed by atoms with Gasteiger partial charge in [0.1, 0.15) is 5.82 Å². The lowest BCUT2D eigenvalue weighted by molar-refractivity contribution is 1.04. The Morgan fingerprint density at radius 3 is 1.03 bits per heavy atom. The van der Waals surface area contributed by atoms with Gasteiger partial charge in [-0.2, -0.15) is 0 Å². The van der Waals surface area contributed by atoms with Crippen LogP contribution in [0.25, 0.3) is 111 Å². The first-order chi connectivity index (χ1) is 29.8. The third kappa shape index (κ3) is 4.60. The molecule has 5 heteroatoms. The summed E-state index contributed by atoms with van der Waals surface area (Å²) in [5.74, 6) is 0.875. The average Bonchev–Trinajstić information content (AvgIpc) is 4.06. The molecule has 13 aromatic rings. The van der Waals surface area contributed by atoms with Gasteiger partial charge in [0.25, 0.3) is 0 Å². The van der Waals surface area contributed by atoms with Gasteiger partial charge in [-0.1, -0.05) is 140 Å². The highest BCUT2D eigenvalue weighted by Gasteiger charge is 2.27. The maximum atomic E-state index is 5.48. The molecule has 0 fully saturated rings. The van der Waals surface area contributed by atoms with E-state index in [0.29, 0.717) is 0 Å². The molecule has 0 N–H and O–H groups in total. The van der Waals surface area contributed by atoms with Crippen molar-refractivity contribution in [3.05, 3.63) is 212 Å². The first-order valence-corrected chi connectivity index (χ1v) is 20.5. The molecule has 0 amide bonds. The molecule has 0 aliphatic rings. The van der Waals surface area contributed by atoms with Crippen LogP contribution in [0.15, 0.2) is 212 Å². The molecule has 0 atom stereocenters. The van der Waals surface area contributed by atoms with Gasteiger partial charge in [0, 0.05) is 43.6 Å². The Labute approximate surface area is 344 Å². The van der Waals surface area contributed by atoms with Crippen LogP contribution in [0.3, 0.4) is 0 Å². The Morgan fingerprint density at radius 2 is 0.617 bits per heavy atom. The molecule has 5 nitrogen and oxygen atoms in total. The molecule has 0 radical (unpaired) electrons. The molecule has 0 unspecified atom stereocenters. The van der Waals surface area contributed by atoms with E-state index in [4.69, 9.17) is 4.98 Å². The van der Waals surface area contributed by atoms with Crippen molar-refractivity contribution in [2.24, 2.45) is 0 Å². The van der Waals surface area contributed by atoms with Crippen LogP contribution >= 0.6 is 0 Å². The summed E-state index contributed by atoms with van der Waals surface area (Å²) in [6.45, 7) is 0. The fourth-order valence-electron chi connectivity index (χ4n) is 9.89. The van der Waals surface area contributed by atoms with Crippen LogP contribution in [-0.4, -0.2) is 23.3 Å². The largest absolute Gasteiger partial charge is 0.307 e. The number of nitrogens with zero attached hydrogens (tertiary/aromatic N) is 5. The lowest BCUT2D eigenvalue weighted by atomic mass is 10.1. The number of imidazole rings is 1. The van der Waals surface area contributed by atoms with Gasteiger partial charge < -0.3 is 13.7 Å². The maximum absolute atomic E-state index is 5.48. The van der Waals surface area contributed by atoms with E-state index in [0.717, 1.165) is 78.3 Å². The van der Waals surface area contributed by atoms with E-state index < -0.39 is 0 Å². The van der Waals surface area contributed by atoms with Crippen LogP contribution in [-0.2, 0) is 0 Å². The predicted octanol–water partition coefficient (Wildman–Crippen LogP) is 14.0. The standard InChI is InChI=1S/C55H35N5/c1-2-18-37(19-3-1)57-51-33-17-10-26-44(51)56-55(57)36-34-52(58-45-27-11-4-20-38(45)39-21-5-12-28-46(39)58)54(60-49-31-15-8-24-42(49)43-25-9-16-32-50(43)60)53(35-36)59-47-29-13-6-22-40(47)41-23-7-14-30-48(41)59/h1-35H. The van der Waals surface area contributed by atoms with E-state index in [1.807, 2.05) is 0 Å². The molecular formula is C55H35N5. The second kappa shape index (κ2) is 12.7. The van der Waals surface area contributed by atoms with E-state index in [1.165, 1.54) is 32.3 Å². The number of benzene rings is 9. The Bertz CT molecular complexity index is 3540. The second-order valence-electron chi connectivity index (χ2n) is 15.6. The number of fused-ring (bicyclic) bond motifs is 10. The van der Waals surface area contributed by atoms with Crippen LogP contribution in [0.4, 0.5) is 0 Å². The molecule has 0 aliphatic heterocycles. The van der Waals surface area contributed by atoms with Crippen LogP contribution < -0.4 is 0 Å². The molecule has 0 spiro atoms. The zero-order chi connectivity index (χ0) is 39.3. The van der Waals surface area contributed by atoms with E-state index in [9.17, 15) is 0 Å². The highest BCUT2D eigenvalue weighted by atomic mass is 15.1. The lowest BCUT2D eigenvalue weighted by Crippen LogP contribution is -2.10. The van der Waals surface area contributed by atoms with Crippen molar-refractivity contribution >= 4 is 76.5 Å². The summed E-state index contributed by atoms with van der Waals surface area (Å²) in [4.78, 5) is 5.48. The van der Waals surface area contributed by atoms with Crippen molar-refractivity contribution in [1.82, 2.24) is 23.3 Å². The van der Waals surface area contributed by atoms with Gasteiger partial charge in [0.2, 0.25) is 0 Å². The van der Waals surface area contributed by atoms with Gasteiger partial charge in [-0.05, 0) is 72.8 Å². The fourth-order valence-corrected chi connectivity index (χ4v) is 9.89. The van der Waals surface area contributed by atoms with Crippen molar-refractivity contribution in [3.63, 3.8) is 0 Å². The third-order valence-electron chi connectivity index (χ3n) is 12.3.